The SMILES string of the molecule is O=C(CCC(=O)c1ccccc1)Nc1nc(-c2ccc3c(c2)OCCO3)cs1. The van der Waals surface area contributed by atoms with Crippen molar-refractivity contribution in [2.75, 3.05) is 18.5 Å². The molecule has 1 aliphatic rings. The molecule has 1 amide bonds. The van der Waals surface area contributed by atoms with Crippen molar-refractivity contribution in [2.45, 2.75) is 12.8 Å². The number of Topliss-reactive ketones (excluding diaryl/α,β-unsaturated/α-hetero) is 1. The Balaban J connectivity index is 1.35. The minimum absolute atomic E-state index is 0.0492. The van der Waals surface area contributed by atoms with E-state index in [4.69, 9.17) is 9.47 Å². The Hall–Kier alpha value is -3.19. The van der Waals surface area contributed by atoms with E-state index in [2.05, 4.69) is 10.3 Å². The number of carbonyl (C=O) groups excluding carboxylic acids is 2. The van der Waals surface area contributed by atoms with Gasteiger partial charge in [0.2, 0.25) is 5.91 Å². The number of fused-ring (bicyclic) bond motifs is 1. The zero-order valence-corrected chi connectivity index (χ0v) is 15.8. The normalized spacial score (nSPS) is 12.4. The number of benzene rings is 2. The molecule has 0 spiro atoms. The Labute approximate surface area is 166 Å². The van der Waals surface area contributed by atoms with Gasteiger partial charge in [-0.3, -0.25) is 9.59 Å². The van der Waals surface area contributed by atoms with Gasteiger partial charge in [-0.05, 0) is 18.2 Å². The van der Waals surface area contributed by atoms with Crippen LogP contribution in [0.5, 0.6) is 11.5 Å². The van der Waals surface area contributed by atoms with Crippen LogP contribution in [0.1, 0.15) is 23.2 Å². The summed E-state index contributed by atoms with van der Waals surface area (Å²) in [6, 6.07) is 14.6. The van der Waals surface area contributed by atoms with Crippen LogP contribution >= 0.6 is 11.3 Å². The number of anilines is 1. The molecule has 6 nitrogen and oxygen atoms in total. The van der Waals surface area contributed by atoms with Crippen LogP contribution in [0.2, 0.25) is 0 Å². The fraction of sp³-hybridized carbons (Fsp3) is 0.190. The Morgan fingerprint density at radius 3 is 2.61 bits per heavy atom. The van der Waals surface area contributed by atoms with Crippen LogP contribution in [0.4, 0.5) is 5.13 Å². The van der Waals surface area contributed by atoms with Gasteiger partial charge in [0.15, 0.2) is 22.4 Å². The van der Waals surface area contributed by atoms with Gasteiger partial charge in [-0.1, -0.05) is 30.3 Å². The van der Waals surface area contributed by atoms with Gasteiger partial charge in [-0.2, -0.15) is 0 Å². The van der Waals surface area contributed by atoms with E-state index in [-0.39, 0.29) is 24.5 Å². The van der Waals surface area contributed by atoms with E-state index in [1.807, 2.05) is 41.8 Å². The molecule has 0 fully saturated rings. The molecule has 2 heterocycles. The van der Waals surface area contributed by atoms with E-state index in [1.165, 1.54) is 11.3 Å². The highest BCUT2D eigenvalue weighted by Gasteiger charge is 2.15. The average Bonchev–Trinajstić information content (AvgIpc) is 3.20. The lowest BCUT2D eigenvalue weighted by Gasteiger charge is -2.18. The van der Waals surface area contributed by atoms with Crippen molar-refractivity contribution in [3.8, 4) is 22.8 Å². The van der Waals surface area contributed by atoms with Crippen LogP contribution in [0.15, 0.2) is 53.9 Å². The fourth-order valence-electron chi connectivity index (χ4n) is 2.84. The molecule has 3 aromatic rings. The minimum atomic E-state index is -0.229. The Morgan fingerprint density at radius 2 is 1.79 bits per heavy atom. The summed E-state index contributed by atoms with van der Waals surface area (Å²) in [5.41, 5.74) is 2.25. The summed E-state index contributed by atoms with van der Waals surface area (Å²) >= 11 is 1.34. The maximum absolute atomic E-state index is 12.2. The van der Waals surface area contributed by atoms with Crippen molar-refractivity contribution in [3.05, 3.63) is 59.5 Å². The van der Waals surface area contributed by atoms with Crippen LogP contribution in [0.25, 0.3) is 11.3 Å². The molecule has 7 heteroatoms. The molecule has 0 saturated heterocycles. The lowest BCUT2D eigenvalue weighted by Crippen LogP contribution is -2.15. The predicted molar refractivity (Wildman–Crippen MR) is 107 cm³/mol. The van der Waals surface area contributed by atoms with E-state index in [0.29, 0.717) is 29.7 Å². The quantitative estimate of drug-likeness (QED) is 0.635. The van der Waals surface area contributed by atoms with E-state index in [0.717, 1.165) is 17.0 Å². The van der Waals surface area contributed by atoms with E-state index < -0.39 is 0 Å². The van der Waals surface area contributed by atoms with Gasteiger partial charge in [0.1, 0.15) is 13.2 Å². The number of carbonyl (C=O) groups is 2. The third-order valence-corrected chi connectivity index (χ3v) is 5.02. The Bertz CT molecular complexity index is 1000. The molecule has 0 bridgehead atoms. The summed E-state index contributed by atoms with van der Waals surface area (Å²) in [5, 5.41) is 5.13. The first-order chi connectivity index (χ1) is 13.7. The smallest absolute Gasteiger partial charge is 0.226 e. The van der Waals surface area contributed by atoms with Crippen LogP contribution in [-0.4, -0.2) is 29.9 Å². The standard InChI is InChI=1S/C21H18N2O4S/c24-17(14-4-2-1-3-5-14)7-9-20(25)23-21-22-16(13-28-21)15-6-8-18-19(12-15)27-11-10-26-18/h1-6,8,12-13H,7,9-11H2,(H,22,23,25). The molecule has 142 valence electrons. The van der Waals surface area contributed by atoms with Crippen molar-refractivity contribution in [2.24, 2.45) is 0 Å². The second kappa shape index (κ2) is 8.22. The van der Waals surface area contributed by atoms with E-state index in [1.54, 1.807) is 12.1 Å². The average molecular weight is 394 g/mol. The molecule has 0 radical (unpaired) electrons. The molecule has 2 aromatic carbocycles. The first-order valence-corrected chi connectivity index (χ1v) is 9.81. The van der Waals surface area contributed by atoms with Gasteiger partial charge in [0.25, 0.3) is 0 Å². The number of nitrogens with zero attached hydrogens (tertiary/aromatic N) is 1. The van der Waals surface area contributed by atoms with Crippen molar-refractivity contribution < 1.29 is 19.1 Å². The number of hydrogen-bond acceptors (Lipinski definition) is 6. The van der Waals surface area contributed by atoms with Crippen molar-refractivity contribution >= 4 is 28.2 Å². The molecule has 1 aliphatic heterocycles. The summed E-state index contributed by atoms with van der Waals surface area (Å²) < 4.78 is 11.1. The van der Waals surface area contributed by atoms with E-state index >= 15 is 0 Å². The monoisotopic (exact) mass is 394 g/mol. The van der Waals surface area contributed by atoms with Crippen LogP contribution < -0.4 is 14.8 Å². The largest absolute Gasteiger partial charge is 0.486 e. The number of hydrogen-bond donors (Lipinski definition) is 1. The van der Waals surface area contributed by atoms with Gasteiger partial charge in [-0.15, -0.1) is 11.3 Å². The van der Waals surface area contributed by atoms with Crippen LogP contribution in [0, 0.1) is 0 Å². The molecule has 1 aromatic heterocycles. The zero-order chi connectivity index (χ0) is 19.3. The third-order valence-electron chi connectivity index (χ3n) is 4.26. The number of ether oxygens (including phenoxy) is 2. The molecule has 4 rings (SSSR count). The molecular weight excluding hydrogens is 376 g/mol. The summed E-state index contributed by atoms with van der Waals surface area (Å²) in [5.74, 6) is 1.14. The van der Waals surface area contributed by atoms with Gasteiger partial charge in [0.05, 0.1) is 5.69 Å². The fourth-order valence-corrected chi connectivity index (χ4v) is 3.58. The number of ketones is 1. The number of rotatable bonds is 6. The summed E-state index contributed by atoms with van der Waals surface area (Å²) in [4.78, 5) is 28.7. The third kappa shape index (κ3) is 4.20. The molecular formula is C21H18N2O4S. The highest BCUT2D eigenvalue weighted by molar-refractivity contribution is 7.14. The Kier molecular flexibility index (Phi) is 5.34. The lowest BCUT2D eigenvalue weighted by atomic mass is 10.1. The number of amides is 1. The lowest BCUT2D eigenvalue weighted by molar-refractivity contribution is -0.116. The Morgan fingerprint density at radius 1 is 1.00 bits per heavy atom. The maximum Gasteiger partial charge on any atom is 0.226 e. The van der Waals surface area contributed by atoms with Gasteiger partial charge < -0.3 is 14.8 Å². The molecule has 1 N–H and O–H groups in total. The number of nitrogens with one attached hydrogen (secondary N) is 1. The summed E-state index contributed by atoms with van der Waals surface area (Å²) in [6.07, 6.45) is 0.281. The van der Waals surface area contributed by atoms with Crippen LogP contribution in [-0.2, 0) is 4.79 Å². The molecule has 28 heavy (non-hydrogen) atoms. The first-order valence-electron chi connectivity index (χ1n) is 8.93. The van der Waals surface area contributed by atoms with Crippen molar-refractivity contribution in [3.63, 3.8) is 0 Å². The number of aromatic nitrogens is 1. The molecule has 0 unspecified atom stereocenters. The van der Waals surface area contributed by atoms with Crippen molar-refractivity contribution in [1.82, 2.24) is 4.98 Å². The van der Waals surface area contributed by atoms with Crippen LogP contribution in [0.3, 0.4) is 0 Å². The molecule has 0 atom stereocenters. The highest BCUT2D eigenvalue weighted by Crippen LogP contribution is 2.35. The maximum atomic E-state index is 12.2. The first kappa shape index (κ1) is 18.2. The highest BCUT2D eigenvalue weighted by atomic mass is 32.1. The van der Waals surface area contributed by atoms with Gasteiger partial charge in [-0.25, -0.2) is 4.98 Å². The summed E-state index contributed by atoms with van der Waals surface area (Å²) in [6.45, 7) is 1.07. The predicted octanol–water partition coefficient (Wildman–Crippen LogP) is 4.18. The van der Waals surface area contributed by atoms with E-state index in [9.17, 15) is 9.59 Å². The second-order valence-corrected chi connectivity index (χ2v) is 7.09. The zero-order valence-electron chi connectivity index (χ0n) is 15.0. The minimum Gasteiger partial charge on any atom is -0.486 e. The van der Waals surface area contributed by atoms with Gasteiger partial charge >= 0.3 is 0 Å². The van der Waals surface area contributed by atoms with Crippen molar-refractivity contribution in [1.29, 1.82) is 0 Å². The second-order valence-electron chi connectivity index (χ2n) is 6.23. The summed E-state index contributed by atoms with van der Waals surface area (Å²) in [7, 11) is 0. The van der Waals surface area contributed by atoms with Gasteiger partial charge in [0, 0.05) is 29.3 Å². The molecule has 0 saturated carbocycles. The topological polar surface area (TPSA) is 77.5 Å². The number of thiazole rings is 1. The molecule has 0 aliphatic carbocycles.